The lowest BCUT2D eigenvalue weighted by Crippen LogP contribution is -2.40. The molecule has 1 amide bonds. The number of amides is 1. The molecule has 0 saturated carbocycles. The van der Waals surface area contributed by atoms with Gasteiger partial charge in [0, 0.05) is 24.7 Å². The predicted molar refractivity (Wildman–Crippen MR) is 64.3 cm³/mol. The number of nitrogens with zero attached hydrogens (tertiary/aromatic N) is 1. The molecule has 0 aliphatic carbocycles. The highest BCUT2D eigenvalue weighted by Crippen LogP contribution is 2.20. The molecule has 2 rings (SSSR count). The van der Waals surface area contributed by atoms with Crippen molar-refractivity contribution in [2.45, 2.75) is 18.9 Å². The molecule has 1 aromatic carbocycles. The molecule has 0 spiro atoms. The molecular weight excluding hydrogens is 238 g/mol. The molecule has 1 fully saturated rings. The summed E-state index contributed by atoms with van der Waals surface area (Å²) in [6, 6.07) is 3.42. The molecule has 1 heterocycles. The summed E-state index contributed by atoms with van der Waals surface area (Å²) < 4.78 is 25.9. The van der Waals surface area contributed by atoms with Gasteiger partial charge in [0.2, 0.25) is 0 Å². The first-order chi connectivity index (χ1) is 8.63. The summed E-state index contributed by atoms with van der Waals surface area (Å²) in [5.41, 5.74) is 0.205. The number of halogens is 2. The van der Waals surface area contributed by atoms with Crippen LogP contribution in [0, 0.1) is 11.6 Å². The smallest absolute Gasteiger partial charge is 0.254 e. The fourth-order valence-electron chi connectivity index (χ4n) is 2.35. The van der Waals surface area contributed by atoms with Crippen molar-refractivity contribution in [2.24, 2.45) is 0 Å². The Morgan fingerprint density at radius 3 is 2.89 bits per heavy atom. The first-order valence-corrected chi connectivity index (χ1v) is 6.04. The zero-order valence-corrected chi connectivity index (χ0v) is 10.2. The van der Waals surface area contributed by atoms with E-state index in [9.17, 15) is 13.6 Å². The van der Waals surface area contributed by atoms with Gasteiger partial charge in [0.05, 0.1) is 0 Å². The van der Waals surface area contributed by atoms with Crippen LogP contribution in [-0.4, -0.2) is 37.0 Å². The Bertz CT molecular complexity index is 451. The number of nitrogens with one attached hydrogen (secondary N) is 1. The number of likely N-dealkylation sites (N-methyl/N-ethyl adjacent to an activating group) is 1. The fourth-order valence-corrected chi connectivity index (χ4v) is 2.35. The molecule has 1 aliphatic rings. The second kappa shape index (κ2) is 5.44. The van der Waals surface area contributed by atoms with Crippen molar-refractivity contribution in [3.05, 3.63) is 35.4 Å². The minimum absolute atomic E-state index is 0.135. The van der Waals surface area contributed by atoms with Crippen LogP contribution in [0.3, 0.4) is 0 Å². The summed E-state index contributed by atoms with van der Waals surface area (Å²) in [5.74, 6) is -2.14. The minimum atomic E-state index is -0.981. The Balaban J connectivity index is 2.17. The summed E-state index contributed by atoms with van der Waals surface area (Å²) in [4.78, 5) is 13.9. The Labute approximate surface area is 105 Å². The topological polar surface area (TPSA) is 32.3 Å². The molecule has 1 unspecified atom stereocenters. The van der Waals surface area contributed by atoms with Gasteiger partial charge in [0.15, 0.2) is 11.6 Å². The van der Waals surface area contributed by atoms with Crippen molar-refractivity contribution in [2.75, 3.05) is 20.1 Å². The van der Waals surface area contributed by atoms with Gasteiger partial charge in [0.1, 0.15) is 0 Å². The largest absolute Gasteiger partial charge is 0.334 e. The Hall–Kier alpha value is -1.49. The quantitative estimate of drug-likeness (QED) is 0.892. The molecular formula is C13H16F2N2O. The molecule has 18 heavy (non-hydrogen) atoms. The van der Waals surface area contributed by atoms with Crippen LogP contribution in [0.25, 0.3) is 0 Å². The minimum Gasteiger partial charge on any atom is -0.334 e. The number of hydrogen-bond acceptors (Lipinski definition) is 2. The first-order valence-electron chi connectivity index (χ1n) is 6.04. The van der Waals surface area contributed by atoms with E-state index in [1.807, 2.05) is 7.05 Å². The third-order valence-electron chi connectivity index (χ3n) is 3.24. The second-order valence-corrected chi connectivity index (χ2v) is 4.48. The van der Waals surface area contributed by atoms with E-state index >= 15 is 0 Å². The van der Waals surface area contributed by atoms with Crippen molar-refractivity contribution >= 4 is 5.91 Å². The second-order valence-electron chi connectivity index (χ2n) is 4.48. The number of rotatable bonds is 3. The van der Waals surface area contributed by atoms with E-state index in [1.165, 1.54) is 6.07 Å². The van der Waals surface area contributed by atoms with Crippen LogP contribution in [0.15, 0.2) is 18.2 Å². The zero-order valence-electron chi connectivity index (χ0n) is 10.2. The van der Waals surface area contributed by atoms with Crippen molar-refractivity contribution in [1.29, 1.82) is 0 Å². The molecule has 98 valence electrons. The van der Waals surface area contributed by atoms with Crippen LogP contribution < -0.4 is 5.32 Å². The Morgan fingerprint density at radius 1 is 1.44 bits per heavy atom. The molecule has 1 aliphatic heterocycles. The monoisotopic (exact) mass is 254 g/mol. The van der Waals surface area contributed by atoms with Gasteiger partial charge in [-0.2, -0.15) is 0 Å². The van der Waals surface area contributed by atoms with E-state index in [4.69, 9.17) is 0 Å². The van der Waals surface area contributed by atoms with E-state index in [0.717, 1.165) is 31.5 Å². The van der Waals surface area contributed by atoms with Crippen molar-refractivity contribution in [3.8, 4) is 0 Å². The highest BCUT2D eigenvalue weighted by molar-refractivity contribution is 5.94. The lowest BCUT2D eigenvalue weighted by Gasteiger charge is -2.24. The average Bonchev–Trinajstić information content (AvgIpc) is 2.80. The summed E-state index contributed by atoms with van der Waals surface area (Å²) >= 11 is 0. The molecule has 0 radical (unpaired) electrons. The van der Waals surface area contributed by atoms with Gasteiger partial charge in [0.25, 0.3) is 5.91 Å². The van der Waals surface area contributed by atoms with Gasteiger partial charge in [-0.25, -0.2) is 8.78 Å². The number of likely N-dealkylation sites (tertiary alicyclic amines) is 1. The van der Waals surface area contributed by atoms with Gasteiger partial charge >= 0.3 is 0 Å². The molecule has 1 saturated heterocycles. The highest BCUT2D eigenvalue weighted by Gasteiger charge is 2.29. The molecule has 1 N–H and O–H groups in total. The Kier molecular flexibility index (Phi) is 3.91. The molecule has 1 atom stereocenters. The number of carbonyl (C=O) groups excluding carboxylic acids is 1. The molecule has 1 aromatic rings. The van der Waals surface area contributed by atoms with Crippen LogP contribution in [-0.2, 0) is 0 Å². The van der Waals surface area contributed by atoms with Crippen LogP contribution in [0.2, 0.25) is 0 Å². The lowest BCUT2D eigenvalue weighted by atomic mass is 10.1. The van der Waals surface area contributed by atoms with Gasteiger partial charge in [-0.05, 0) is 38.1 Å². The maximum absolute atomic E-state index is 13.1. The van der Waals surface area contributed by atoms with E-state index in [-0.39, 0.29) is 17.5 Å². The fraction of sp³-hybridized carbons (Fsp3) is 0.462. The zero-order chi connectivity index (χ0) is 13.1. The van der Waals surface area contributed by atoms with E-state index in [1.54, 1.807) is 4.90 Å². The first kappa shape index (κ1) is 13.0. The van der Waals surface area contributed by atoms with Crippen molar-refractivity contribution < 1.29 is 13.6 Å². The van der Waals surface area contributed by atoms with Crippen molar-refractivity contribution in [3.63, 3.8) is 0 Å². The standard InChI is InChI=1S/C13H16F2N2O/c1-16-8-10-3-2-6-17(10)13(18)9-4-5-11(14)12(15)7-9/h4-5,7,10,16H,2-3,6,8H2,1H3. The van der Waals surface area contributed by atoms with Gasteiger partial charge in [-0.3, -0.25) is 4.79 Å². The SMILES string of the molecule is CNCC1CCCN1C(=O)c1ccc(F)c(F)c1. The number of hydrogen-bond donors (Lipinski definition) is 1. The van der Waals surface area contributed by atoms with Crippen molar-refractivity contribution in [1.82, 2.24) is 10.2 Å². The number of benzene rings is 1. The van der Waals surface area contributed by atoms with Crippen LogP contribution in [0.5, 0.6) is 0 Å². The van der Waals surface area contributed by atoms with Crippen LogP contribution in [0.4, 0.5) is 8.78 Å². The van der Waals surface area contributed by atoms with Gasteiger partial charge in [-0.1, -0.05) is 0 Å². The van der Waals surface area contributed by atoms with Gasteiger partial charge in [-0.15, -0.1) is 0 Å². The van der Waals surface area contributed by atoms with E-state index < -0.39 is 11.6 Å². The maximum Gasteiger partial charge on any atom is 0.254 e. The van der Waals surface area contributed by atoms with E-state index in [0.29, 0.717) is 6.54 Å². The Morgan fingerprint density at radius 2 is 2.22 bits per heavy atom. The van der Waals surface area contributed by atoms with Crippen LogP contribution >= 0.6 is 0 Å². The van der Waals surface area contributed by atoms with E-state index in [2.05, 4.69) is 5.32 Å². The maximum atomic E-state index is 13.1. The third-order valence-corrected chi connectivity index (χ3v) is 3.24. The van der Waals surface area contributed by atoms with Gasteiger partial charge < -0.3 is 10.2 Å². The summed E-state index contributed by atoms with van der Waals surface area (Å²) in [5, 5.41) is 3.04. The molecule has 5 heteroatoms. The molecule has 0 bridgehead atoms. The summed E-state index contributed by atoms with van der Waals surface area (Å²) in [6.07, 6.45) is 1.89. The number of carbonyl (C=O) groups is 1. The predicted octanol–water partition coefficient (Wildman–Crippen LogP) is 1.79. The summed E-state index contributed by atoms with van der Waals surface area (Å²) in [6.45, 7) is 1.39. The molecule has 3 nitrogen and oxygen atoms in total. The highest BCUT2D eigenvalue weighted by atomic mass is 19.2. The normalized spacial score (nSPS) is 19.3. The average molecular weight is 254 g/mol. The summed E-state index contributed by atoms with van der Waals surface area (Å²) in [7, 11) is 1.83. The lowest BCUT2D eigenvalue weighted by molar-refractivity contribution is 0.0736. The van der Waals surface area contributed by atoms with Crippen LogP contribution in [0.1, 0.15) is 23.2 Å². The molecule has 0 aromatic heterocycles. The third kappa shape index (κ3) is 2.51.